The molecule has 0 unspecified atom stereocenters. The maximum absolute atomic E-state index is 12.2. The second-order valence-corrected chi connectivity index (χ2v) is 6.81. The van der Waals surface area contributed by atoms with Gasteiger partial charge in [0, 0.05) is 38.1 Å². The minimum absolute atomic E-state index is 0.0240. The second kappa shape index (κ2) is 5.39. The van der Waals surface area contributed by atoms with E-state index in [-0.39, 0.29) is 23.6 Å². The van der Waals surface area contributed by atoms with Crippen LogP contribution in [-0.2, 0) is 4.74 Å². The number of carbonyl (C=O) groups is 1. The van der Waals surface area contributed by atoms with Crippen LogP contribution in [0.15, 0.2) is 12.4 Å². The molecule has 1 aliphatic carbocycles. The lowest BCUT2D eigenvalue weighted by molar-refractivity contribution is -0.107. The molecule has 2 aliphatic rings. The topological polar surface area (TPSA) is 79.4 Å². The fraction of sp³-hybridized carbons (Fsp3) is 0.667. The highest BCUT2D eigenvalue weighted by Crippen LogP contribution is 2.52. The molecule has 0 spiro atoms. The van der Waals surface area contributed by atoms with Gasteiger partial charge in [-0.3, -0.25) is 0 Å². The van der Waals surface area contributed by atoms with Crippen molar-refractivity contribution < 1.29 is 9.53 Å². The molecule has 2 N–H and O–H groups in total. The summed E-state index contributed by atoms with van der Waals surface area (Å²) in [6.45, 7) is 5.07. The number of nitrogens with one attached hydrogen (secondary N) is 2. The molecule has 1 aromatic rings. The molecule has 1 saturated carbocycles. The molecule has 2 heterocycles. The van der Waals surface area contributed by atoms with E-state index in [9.17, 15) is 4.79 Å². The number of nitrogens with zero attached hydrogens (tertiary/aromatic N) is 3. The fourth-order valence-corrected chi connectivity index (χ4v) is 3.54. The van der Waals surface area contributed by atoms with Crippen LogP contribution in [0.3, 0.4) is 0 Å². The van der Waals surface area contributed by atoms with Crippen LogP contribution in [0, 0.1) is 11.3 Å². The quantitative estimate of drug-likeness (QED) is 0.884. The normalized spacial score (nSPS) is 28.5. The van der Waals surface area contributed by atoms with Gasteiger partial charge in [0.2, 0.25) is 5.95 Å². The van der Waals surface area contributed by atoms with Gasteiger partial charge < -0.3 is 20.3 Å². The van der Waals surface area contributed by atoms with Crippen molar-refractivity contribution in [2.24, 2.45) is 11.3 Å². The van der Waals surface area contributed by atoms with E-state index in [4.69, 9.17) is 4.74 Å². The first-order valence-corrected chi connectivity index (χ1v) is 7.58. The molecule has 7 heteroatoms. The van der Waals surface area contributed by atoms with Crippen LogP contribution >= 0.6 is 0 Å². The molecular formula is C15H23N5O2. The van der Waals surface area contributed by atoms with Crippen LogP contribution in [0.5, 0.6) is 0 Å². The van der Waals surface area contributed by atoms with Gasteiger partial charge in [0.05, 0.1) is 24.2 Å². The number of aromatic nitrogens is 2. The summed E-state index contributed by atoms with van der Waals surface area (Å²) in [6, 6.07) is -0.0772. The zero-order valence-corrected chi connectivity index (χ0v) is 13.5. The summed E-state index contributed by atoms with van der Waals surface area (Å²) in [5.74, 6) is 1.03. The molecule has 0 bridgehead atoms. The van der Waals surface area contributed by atoms with Gasteiger partial charge in [-0.2, -0.15) is 0 Å². The van der Waals surface area contributed by atoms with E-state index in [2.05, 4.69) is 34.4 Å². The fourth-order valence-electron chi connectivity index (χ4n) is 3.54. The van der Waals surface area contributed by atoms with E-state index < -0.39 is 0 Å². The Labute approximate surface area is 130 Å². The van der Waals surface area contributed by atoms with Gasteiger partial charge in [-0.1, -0.05) is 13.8 Å². The van der Waals surface area contributed by atoms with E-state index in [1.54, 1.807) is 17.3 Å². The highest BCUT2D eigenvalue weighted by molar-refractivity contribution is 5.89. The van der Waals surface area contributed by atoms with Crippen LogP contribution in [0.2, 0.25) is 0 Å². The number of anilines is 2. The van der Waals surface area contributed by atoms with E-state index in [0.717, 1.165) is 13.0 Å². The summed E-state index contributed by atoms with van der Waals surface area (Å²) in [7, 11) is 3.74. The van der Waals surface area contributed by atoms with Gasteiger partial charge in [0.1, 0.15) is 0 Å². The first-order valence-electron chi connectivity index (χ1n) is 7.58. The van der Waals surface area contributed by atoms with Crippen molar-refractivity contribution >= 4 is 17.7 Å². The van der Waals surface area contributed by atoms with E-state index in [1.165, 1.54) is 0 Å². The Morgan fingerprint density at radius 3 is 2.68 bits per heavy atom. The number of hydrogen-bond acceptors (Lipinski definition) is 5. The summed E-state index contributed by atoms with van der Waals surface area (Å²) >= 11 is 0. The first-order chi connectivity index (χ1) is 10.4. The van der Waals surface area contributed by atoms with Crippen molar-refractivity contribution in [1.29, 1.82) is 0 Å². The Morgan fingerprint density at radius 2 is 2.05 bits per heavy atom. The third kappa shape index (κ3) is 2.49. The predicted octanol–water partition coefficient (Wildman–Crippen LogP) is 1.48. The first kappa shape index (κ1) is 15.0. The van der Waals surface area contributed by atoms with Gasteiger partial charge in [0.25, 0.3) is 0 Å². The summed E-state index contributed by atoms with van der Waals surface area (Å²) in [5, 5.41) is 5.86. The van der Waals surface area contributed by atoms with Crippen LogP contribution in [-0.4, -0.2) is 48.8 Å². The lowest BCUT2D eigenvalue weighted by Gasteiger charge is -2.54. The Hall–Kier alpha value is -1.89. The van der Waals surface area contributed by atoms with Gasteiger partial charge in [-0.15, -0.1) is 0 Å². The standard InChI is InChI=1S/C15H23N5O2/c1-15(2)11(10-5-6-22-12(10)15)19-14(21)18-9-7-16-13(17-8-9)20(3)4/h7-8,10-12H,5-6H2,1-4H3,(H2,18,19,21)/t10-,11+,12-/m0/s1. The molecule has 2 amide bonds. The summed E-state index contributed by atoms with van der Waals surface area (Å²) in [4.78, 5) is 22.3. The average molecular weight is 305 g/mol. The number of rotatable bonds is 3. The number of ether oxygens (including phenoxy) is 1. The van der Waals surface area contributed by atoms with Gasteiger partial charge >= 0.3 is 6.03 Å². The van der Waals surface area contributed by atoms with Crippen molar-refractivity contribution in [3.63, 3.8) is 0 Å². The van der Waals surface area contributed by atoms with E-state index >= 15 is 0 Å². The Bertz CT molecular complexity index is 558. The third-order valence-corrected chi connectivity index (χ3v) is 4.68. The zero-order chi connectivity index (χ0) is 15.9. The van der Waals surface area contributed by atoms with E-state index in [0.29, 0.717) is 17.6 Å². The van der Waals surface area contributed by atoms with Crippen molar-refractivity contribution in [3.05, 3.63) is 12.4 Å². The number of urea groups is 1. The molecule has 0 aromatic carbocycles. The molecular weight excluding hydrogens is 282 g/mol. The molecule has 2 fully saturated rings. The molecule has 3 rings (SSSR count). The van der Waals surface area contributed by atoms with Crippen molar-refractivity contribution in [1.82, 2.24) is 15.3 Å². The lowest BCUT2D eigenvalue weighted by Crippen LogP contribution is -2.67. The number of amides is 2. The molecule has 1 aliphatic heterocycles. The largest absolute Gasteiger partial charge is 0.377 e. The van der Waals surface area contributed by atoms with Crippen LogP contribution in [0.25, 0.3) is 0 Å². The molecule has 1 aromatic heterocycles. The predicted molar refractivity (Wildman–Crippen MR) is 83.9 cm³/mol. The number of carbonyl (C=O) groups excluding carboxylic acids is 1. The zero-order valence-electron chi connectivity index (χ0n) is 13.5. The van der Waals surface area contributed by atoms with Crippen LogP contribution in [0.1, 0.15) is 20.3 Å². The minimum Gasteiger partial charge on any atom is -0.377 e. The highest BCUT2D eigenvalue weighted by atomic mass is 16.5. The average Bonchev–Trinajstić information content (AvgIpc) is 2.92. The molecule has 0 radical (unpaired) electrons. The van der Waals surface area contributed by atoms with Gasteiger partial charge in [0.15, 0.2) is 0 Å². The Morgan fingerprint density at radius 1 is 1.36 bits per heavy atom. The minimum atomic E-state index is -0.218. The van der Waals surface area contributed by atoms with Crippen molar-refractivity contribution in [3.8, 4) is 0 Å². The molecule has 120 valence electrons. The number of fused-ring (bicyclic) bond motifs is 1. The molecule has 22 heavy (non-hydrogen) atoms. The second-order valence-electron chi connectivity index (χ2n) is 6.81. The molecule has 7 nitrogen and oxygen atoms in total. The number of hydrogen-bond donors (Lipinski definition) is 2. The van der Waals surface area contributed by atoms with Crippen LogP contribution < -0.4 is 15.5 Å². The SMILES string of the molecule is CN(C)c1ncc(NC(=O)N[C@@H]2[C@@H]3CCO[C@@H]3C2(C)C)cn1. The maximum Gasteiger partial charge on any atom is 0.319 e. The van der Waals surface area contributed by atoms with Crippen molar-refractivity contribution in [2.45, 2.75) is 32.4 Å². The van der Waals surface area contributed by atoms with Gasteiger partial charge in [-0.25, -0.2) is 14.8 Å². The van der Waals surface area contributed by atoms with E-state index in [1.807, 2.05) is 14.1 Å². The monoisotopic (exact) mass is 305 g/mol. The summed E-state index contributed by atoms with van der Waals surface area (Å²) < 4.78 is 5.74. The smallest absolute Gasteiger partial charge is 0.319 e. The van der Waals surface area contributed by atoms with Crippen LogP contribution in [0.4, 0.5) is 16.4 Å². The molecule has 3 atom stereocenters. The highest BCUT2D eigenvalue weighted by Gasteiger charge is 2.59. The lowest BCUT2D eigenvalue weighted by atomic mass is 9.57. The van der Waals surface area contributed by atoms with Gasteiger partial charge in [-0.05, 0) is 6.42 Å². The Balaban J connectivity index is 1.58. The molecule has 1 saturated heterocycles. The summed E-state index contributed by atoms with van der Waals surface area (Å²) in [6.07, 6.45) is 4.49. The summed E-state index contributed by atoms with van der Waals surface area (Å²) in [5.41, 5.74) is 0.559. The Kier molecular flexibility index (Phi) is 3.68. The third-order valence-electron chi connectivity index (χ3n) is 4.68. The maximum atomic E-state index is 12.2. The van der Waals surface area contributed by atoms with Crippen molar-refractivity contribution in [2.75, 3.05) is 30.9 Å².